The monoisotopic (exact) mass is 311 g/mol. The van der Waals surface area contributed by atoms with Crippen molar-refractivity contribution in [1.29, 1.82) is 5.26 Å². The van der Waals surface area contributed by atoms with Gasteiger partial charge in [-0.2, -0.15) is 5.26 Å². The van der Waals surface area contributed by atoms with E-state index in [1.165, 1.54) is 10.8 Å². The van der Waals surface area contributed by atoms with E-state index in [2.05, 4.69) is 4.98 Å². The van der Waals surface area contributed by atoms with Crippen molar-refractivity contribution in [2.24, 2.45) is 0 Å². The molecule has 1 saturated heterocycles. The van der Waals surface area contributed by atoms with Gasteiger partial charge in [0.15, 0.2) is 0 Å². The summed E-state index contributed by atoms with van der Waals surface area (Å²) in [6.07, 6.45) is 3.10. The largest absolute Gasteiger partial charge is 0.494 e. The molecule has 4 rings (SSSR count). The Kier molecular flexibility index (Phi) is 2.49. The molecule has 2 N–H and O–H groups in total. The van der Waals surface area contributed by atoms with E-state index in [4.69, 9.17) is 10.00 Å². The molecule has 2 bridgehead atoms. The minimum absolute atomic E-state index is 0.0157. The highest BCUT2D eigenvalue weighted by atomic mass is 16.5. The molecule has 2 aliphatic rings. The van der Waals surface area contributed by atoms with Crippen molar-refractivity contribution in [3.05, 3.63) is 34.6 Å². The van der Waals surface area contributed by atoms with Crippen LogP contribution in [-0.2, 0) is 15.9 Å². The van der Waals surface area contributed by atoms with Crippen LogP contribution in [0.1, 0.15) is 49.1 Å². The number of nitriles is 1. The predicted octanol–water partition coefficient (Wildman–Crippen LogP) is 2.72. The molecule has 2 atom stereocenters. The van der Waals surface area contributed by atoms with Gasteiger partial charge in [0.05, 0.1) is 34.2 Å². The Hall–Kier alpha value is -2.52. The Bertz CT molecular complexity index is 856. The number of aromatic hydroxyl groups is 2. The molecule has 0 spiro atoms. The van der Waals surface area contributed by atoms with Crippen LogP contribution in [0, 0.1) is 18.3 Å². The number of aromatic nitrogens is 2. The van der Waals surface area contributed by atoms with Crippen molar-refractivity contribution >= 4 is 0 Å². The molecule has 2 aliphatic heterocycles. The first kappa shape index (κ1) is 14.1. The Morgan fingerprint density at radius 2 is 1.78 bits per heavy atom. The maximum Gasteiger partial charge on any atom is 0.205 e. The smallest absolute Gasteiger partial charge is 0.205 e. The number of aryl methyl sites for hydroxylation is 1. The highest BCUT2D eigenvalue weighted by Crippen LogP contribution is 2.64. The molecular weight excluding hydrogens is 294 g/mol. The number of pyridine rings is 1. The van der Waals surface area contributed by atoms with Crippen molar-refractivity contribution in [2.75, 3.05) is 0 Å². The molecule has 2 aromatic rings. The maximum absolute atomic E-state index is 10.8. The fourth-order valence-electron chi connectivity index (χ4n) is 4.05. The normalized spacial score (nSPS) is 27.9. The molecule has 0 aromatic carbocycles. The standard InChI is InChI=1S/C17H17N3O3/c1-9-6-10(7-18)19-8-11(9)20-14(21)12-13(15(20)22)17(3)5-4-16(12,2)23-17/h6,8,21-22H,4-5H2,1-3H3. The van der Waals surface area contributed by atoms with Gasteiger partial charge in [0.1, 0.15) is 11.8 Å². The summed E-state index contributed by atoms with van der Waals surface area (Å²) in [6, 6.07) is 3.62. The number of hydrogen-bond donors (Lipinski definition) is 2. The Morgan fingerprint density at radius 3 is 2.26 bits per heavy atom. The lowest BCUT2D eigenvalue weighted by Gasteiger charge is -2.21. The Labute approximate surface area is 133 Å². The lowest BCUT2D eigenvalue weighted by molar-refractivity contribution is -0.0683. The van der Waals surface area contributed by atoms with Crippen LogP contribution in [0.5, 0.6) is 11.8 Å². The molecule has 2 unspecified atom stereocenters. The van der Waals surface area contributed by atoms with Crippen LogP contribution in [0.4, 0.5) is 0 Å². The second-order valence-electron chi connectivity index (χ2n) is 6.76. The highest BCUT2D eigenvalue weighted by Gasteiger charge is 2.59. The summed E-state index contributed by atoms with van der Waals surface area (Å²) in [4.78, 5) is 4.05. The summed E-state index contributed by atoms with van der Waals surface area (Å²) < 4.78 is 7.49. The van der Waals surface area contributed by atoms with Gasteiger partial charge in [-0.25, -0.2) is 9.55 Å². The van der Waals surface area contributed by atoms with Gasteiger partial charge in [-0.05, 0) is 45.2 Å². The van der Waals surface area contributed by atoms with Gasteiger partial charge in [-0.1, -0.05) is 0 Å². The lowest BCUT2D eigenvalue weighted by Crippen LogP contribution is -2.17. The molecule has 4 heterocycles. The number of nitrogens with zero attached hydrogens (tertiary/aromatic N) is 3. The SMILES string of the molecule is Cc1cc(C#N)ncc1-n1c(O)c2c(c1O)C1(C)CCC2(C)O1. The molecule has 23 heavy (non-hydrogen) atoms. The molecular formula is C17H17N3O3. The van der Waals surface area contributed by atoms with E-state index in [1.807, 2.05) is 26.8 Å². The Balaban J connectivity index is 2.00. The number of ether oxygens (including phenoxy) is 1. The van der Waals surface area contributed by atoms with Gasteiger partial charge >= 0.3 is 0 Å². The first-order valence-corrected chi connectivity index (χ1v) is 7.55. The molecule has 0 amide bonds. The van der Waals surface area contributed by atoms with Crippen molar-refractivity contribution in [2.45, 2.75) is 44.8 Å². The zero-order valence-corrected chi connectivity index (χ0v) is 13.2. The summed E-state index contributed by atoms with van der Waals surface area (Å²) in [5, 5.41) is 30.5. The van der Waals surface area contributed by atoms with E-state index < -0.39 is 11.2 Å². The van der Waals surface area contributed by atoms with E-state index in [0.29, 0.717) is 22.5 Å². The van der Waals surface area contributed by atoms with E-state index >= 15 is 0 Å². The quantitative estimate of drug-likeness (QED) is 0.845. The van der Waals surface area contributed by atoms with E-state index in [0.717, 1.165) is 18.4 Å². The van der Waals surface area contributed by atoms with E-state index in [1.54, 1.807) is 6.07 Å². The average molecular weight is 311 g/mol. The number of hydrogen-bond acceptors (Lipinski definition) is 5. The van der Waals surface area contributed by atoms with Crippen LogP contribution in [0.2, 0.25) is 0 Å². The topological polar surface area (TPSA) is 91.3 Å². The zero-order chi connectivity index (χ0) is 16.6. The molecule has 0 aliphatic carbocycles. The van der Waals surface area contributed by atoms with Gasteiger partial charge in [0.2, 0.25) is 11.8 Å². The van der Waals surface area contributed by atoms with Crippen LogP contribution in [0.3, 0.4) is 0 Å². The van der Waals surface area contributed by atoms with Gasteiger partial charge in [-0.3, -0.25) is 0 Å². The van der Waals surface area contributed by atoms with Crippen LogP contribution in [0.25, 0.3) is 5.69 Å². The first-order valence-electron chi connectivity index (χ1n) is 7.55. The molecule has 118 valence electrons. The summed E-state index contributed by atoms with van der Waals surface area (Å²) in [5.41, 5.74) is 1.77. The molecule has 6 heteroatoms. The van der Waals surface area contributed by atoms with Gasteiger partial charge in [-0.15, -0.1) is 0 Å². The summed E-state index contributed by atoms with van der Waals surface area (Å²) in [7, 11) is 0. The molecule has 0 radical (unpaired) electrons. The van der Waals surface area contributed by atoms with E-state index in [-0.39, 0.29) is 11.8 Å². The van der Waals surface area contributed by atoms with Crippen molar-refractivity contribution in [3.8, 4) is 23.5 Å². The zero-order valence-electron chi connectivity index (χ0n) is 13.2. The van der Waals surface area contributed by atoms with Gasteiger partial charge in [0.25, 0.3) is 0 Å². The van der Waals surface area contributed by atoms with Gasteiger partial charge in [0, 0.05) is 0 Å². The Morgan fingerprint density at radius 1 is 1.22 bits per heavy atom. The van der Waals surface area contributed by atoms with Crippen molar-refractivity contribution < 1.29 is 14.9 Å². The maximum atomic E-state index is 10.8. The fraction of sp³-hybridized carbons (Fsp3) is 0.412. The summed E-state index contributed by atoms with van der Waals surface area (Å²) >= 11 is 0. The van der Waals surface area contributed by atoms with Crippen molar-refractivity contribution in [1.82, 2.24) is 9.55 Å². The summed E-state index contributed by atoms with van der Waals surface area (Å²) in [5.74, 6) is -0.0314. The molecule has 2 aromatic heterocycles. The highest BCUT2D eigenvalue weighted by molar-refractivity contribution is 5.61. The third-order valence-electron chi connectivity index (χ3n) is 5.15. The molecule has 6 nitrogen and oxygen atoms in total. The van der Waals surface area contributed by atoms with Crippen molar-refractivity contribution in [3.63, 3.8) is 0 Å². The number of rotatable bonds is 1. The van der Waals surface area contributed by atoms with Crippen LogP contribution in [-0.4, -0.2) is 19.8 Å². The van der Waals surface area contributed by atoms with E-state index in [9.17, 15) is 10.2 Å². The minimum atomic E-state index is -0.579. The number of fused-ring (bicyclic) bond motifs is 5. The first-order chi connectivity index (χ1) is 10.8. The third-order valence-corrected chi connectivity index (χ3v) is 5.15. The van der Waals surface area contributed by atoms with Crippen LogP contribution in [0.15, 0.2) is 12.3 Å². The van der Waals surface area contributed by atoms with Crippen LogP contribution < -0.4 is 0 Å². The van der Waals surface area contributed by atoms with Crippen LogP contribution >= 0.6 is 0 Å². The predicted molar refractivity (Wildman–Crippen MR) is 81.4 cm³/mol. The fourth-order valence-corrected chi connectivity index (χ4v) is 4.05. The second-order valence-corrected chi connectivity index (χ2v) is 6.76. The second kappa shape index (κ2) is 4.06. The molecule has 1 fully saturated rings. The average Bonchev–Trinajstić information content (AvgIpc) is 3.04. The van der Waals surface area contributed by atoms with Gasteiger partial charge < -0.3 is 14.9 Å². The lowest BCUT2D eigenvalue weighted by atomic mass is 9.80. The third kappa shape index (κ3) is 1.57. The molecule has 0 saturated carbocycles. The summed E-state index contributed by atoms with van der Waals surface area (Å²) in [6.45, 7) is 5.70. The minimum Gasteiger partial charge on any atom is -0.494 e.